The summed E-state index contributed by atoms with van der Waals surface area (Å²) >= 11 is 0. The number of rotatable bonds is 6. The molecule has 1 aromatic heterocycles. The van der Waals surface area contributed by atoms with Crippen LogP contribution in [0.1, 0.15) is 25.3 Å². The minimum absolute atomic E-state index is 0.340. The lowest BCUT2D eigenvalue weighted by Crippen LogP contribution is -2.23. The van der Waals surface area contributed by atoms with Gasteiger partial charge in [-0.1, -0.05) is 19.4 Å². The number of aliphatic carboxylic acids is 1. The Bertz CT molecular complexity index is 335. The molecule has 1 aromatic rings. The third kappa shape index (κ3) is 3.88. The molecule has 4 nitrogen and oxygen atoms in total. The number of carboxylic acids is 1. The van der Waals surface area contributed by atoms with Crippen LogP contribution in [0.3, 0.4) is 0 Å². The highest BCUT2D eigenvalue weighted by atomic mass is 16.4. The molecule has 1 atom stereocenters. The molecule has 0 spiro atoms. The second-order valence-corrected chi connectivity index (χ2v) is 3.93. The van der Waals surface area contributed by atoms with E-state index in [1.54, 1.807) is 6.20 Å². The van der Waals surface area contributed by atoms with Crippen molar-refractivity contribution in [2.45, 2.75) is 26.7 Å². The predicted molar refractivity (Wildman–Crippen MR) is 63.5 cm³/mol. The Kier molecular flexibility index (Phi) is 4.76. The largest absolute Gasteiger partial charge is 0.481 e. The minimum Gasteiger partial charge on any atom is -0.481 e. The Hall–Kier alpha value is -1.58. The molecule has 0 radical (unpaired) electrons. The number of aryl methyl sites for hydroxylation is 1. The zero-order valence-corrected chi connectivity index (χ0v) is 9.73. The van der Waals surface area contributed by atoms with Crippen LogP contribution >= 0.6 is 0 Å². The van der Waals surface area contributed by atoms with Gasteiger partial charge in [0.1, 0.15) is 5.82 Å². The summed E-state index contributed by atoms with van der Waals surface area (Å²) in [6.07, 6.45) is 3.33. The highest BCUT2D eigenvalue weighted by Gasteiger charge is 2.15. The van der Waals surface area contributed by atoms with E-state index < -0.39 is 5.97 Å². The molecule has 88 valence electrons. The van der Waals surface area contributed by atoms with Gasteiger partial charge < -0.3 is 10.4 Å². The first-order valence-electron chi connectivity index (χ1n) is 5.52. The van der Waals surface area contributed by atoms with E-state index in [9.17, 15) is 4.79 Å². The second-order valence-electron chi connectivity index (χ2n) is 3.93. The van der Waals surface area contributed by atoms with Gasteiger partial charge in [0.25, 0.3) is 0 Å². The number of hydrogen-bond donors (Lipinski definition) is 2. The lowest BCUT2D eigenvalue weighted by atomic mass is 10.0. The lowest BCUT2D eigenvalue weighted by Gasteiger charge is -2.12. The van der Waals surface area contributed by atoms with Crippen molar-refractivity contribution in [2.24, 2.45) is 5.92 Å². The van der Waals surface area contributed by atoms with Gasteiger partial charge in [-0.05, 0) is 25.0 Å². The molecular formula is C12H18N2O2. The van der Waals surface area contributed by atoms with Crippen LogP contribution in [0, 0.1) is 12.8 Å². The van der Waals surface area contributed by atoms with Crippen LogP contribution < -0.4 is 5.32 Å². The van der Waals surface area contributed by atoms with Gasteiger partial charge in [0.15, 0.2) is 0 Å². The van der Waals surface area contributed by atoms with Crippen molar-refractivity contribution in [1.29, 1.82) is 0 Å². The Morgan fingerprint density at radius 1 is 1.56 bits per heavy atom. The molecule has 0 fully saturated rings. The molecule has 4 heteroatoms. The average Bonchev–Trinajstić information content (AvgIpc) is 2.26. The van der Waals surface area contributed by atoms with Crippen molar-refractivity contribution in [3.63, 3.8) is 0 Å². The number of hydrogen-bond acceptors (Lipinski definition) is 3. The summed E-state index contributed by atoms with van der Waals surface area (Å²) in [5, 5.41) is 12.0. The summed E-state index contributed by atoms with van der Waals surface area (Å²) in [6, 6.07) is 3.81. The summed E-state index contributed by atoms with van der Waals surface area (Å²) in [4.78, 5) is 15.1. The van der Waals surface area contributed by atoms with Gasteiger partial charge in [-0.2, -0.15) is 0 Å². The molecule has 1 rings (SSSR count). The Balaban J connectivity index is 2.48. The number of aromatic nitrogens is 1. The summed E-state index contributed by atoms with van der Waals surface area (Å²) in [6.45, 7) is 4.38. The predicted octanol–water partition coefficient (Wildman–Crippen LogP) is 2.30. The van der Waals surface area contributed by atoms with E-state index in [-0.39, 0.29) is 5.92 Å². The number of nitrogens with one attached hydrogen (secondary N) is 1. The van der Waals surface area contributed by atoms with Crippen LogP contribution in [0.4, 0.5) is 5.82 Å². The Morgan fingerprint density at radius 3 is 2.81 bits per heavy atom. The van der Waals surface area contributed by atoms with Gasteiger partial charge in [0.2, 0.25) is 0 Å². The minimum atomic E-state index is -0.749. The molecule has 0 aliphatic heterocycles. The fraction of sp³-hybridized carbons (Fsp3) is 0.500. The quantitative estimate of drug-likeness (QED) is 0.775. The van der Waals surface area contributed by atoms with Crippen LogP contribution in [-0.2, 0) is 4.79 Å². The highest BCUT2D eigenvalue weighted by Crippen LogP contribution is 2.09. The van der Waals surface area contributed by atoms with Crippen molar-refractivity contribution in [1.82, 2.24) is 4.98 Å². The molecule has 0 bridgehead atoms. The Labute approximate surface area is 95.7 Å². The SMILES string of the molecule is CCCC(CNc1ccc(C)cn1)C(=O)O. The first kappa shape index (κ1) is 12.5. The van der Waals surface area contributed by atoms with Gasteiger partial charge in [-0.15, -0.1) is 0 Å². The summed E-state index contributed by atoms with van der Waals surface area (Å²) in [5.41, 5.74) is 1.09. The van der Waals surface area contributed by atoms with Gasteiger partial charge in [-0.3, -0.25) is 4.79 Å². The van der Waals surface area contributed by atoms with Crippen LogP contribution in [0.15, 0.2) is 18.3 Å². The molecular weight excluding hydrogens is 204 g/mol. The lowest BCUT2D eigenvalue weighted by molar-refractivity contribution is -0.141. The standard InChI is InChI=1S/C12H18N2O2/c1-3-4-10(12(15)16)8-14-11-6-5-9(2)7-13-11/h5-7,10H,3-4,8H2,1-2H3,(H,13,14)(H,15,16). The number of pyridine rings is 1. The third-order valence-corrected chi connectivity index (χ3v) is 2.43. The van der Waals surface area contributed by atoms with E-state index in [0.717, 1.165) is 17.8 Å². The van der Waals surface area contributed by atoms with Gasteiger partial charge >= 0.3 is 5.97 Å². The van der Waals surface area contributed by atoms with E-state index in [4.69, 9.17) is 5.11 Å². The highest BCUT2D eigenvalue weighted by molar-refractivity contribution is 5.70. The number of carbonyl (C=O) groups is 1. The molecule has 1 heterocycles. The molecule has 16 heavy (non-hydrogen) atoms. The summed E-state index contributed by atoms with van der Waals surface area (Å²) < 4.78 is 0. The fourth-order valence-corrected chi connectivity index (χ4v) is 1.46. The smallest absolute Gasteiger partial charge is 0.308 e. The van der Waals surface area contributed by atoms with Crippen LogP contribution in [0.5, 0.6) is 0 Å². The molecule has 0 aromatic carbocycles. The van der Waals surface area contributed by atoms with Crippen molar-refractivity contribution < 1.29 is 9.90 Å². The summed E-state index contributed by atoms with van der Waals surface area (Å²) in [5.74, 6) is -0.359. The maximum absolute atomic E-state index is 10.9. The topological polar surface area (TPSA) is 62.2 Å². The van der Waals surface area contributed by atoms with E-state index >= 15 is 0 Å². The van der Waals surface area contributed by atoms with E-state index in [0.29, 0.717) is 13.0 Å². The molecule has 0 aliphatic carbocycles. The number of carboxylic acid groups (broad SMARTS) is 1. The zero-order chi connectivity index (χ0) is 12.0. The number of nitrogens with zero attached hydrogens (tertiary/aromatic N) is 1. The van der Waals surface area contributed by atoms with E-state index in [1.165, 1.54) is 0 Å². The van der Waals surface area contributed by atoms with Gasteiger partial charge in [-0.25, -0.2) is 4.98 Å². The van der Waals surface area contributed by atoms with Crippen molar-refractivity contribution in [3.05, 3.63) is 23.9 Å². The average molecular weight is 222 g/mol. The second kappa shape index (κ2) is 6.10. The molecule has 0 aliphatic rings. The van der Waals surface area contributed by atoms with Crippen LogP contribution in [0.2, 0.25) is 0 Å². The van der Waals surface area contributed by atoms with Crippen LogP contribution in [0.25, 0.3) is 0 Å². The first-order chi connectivity index (χ1) is 7.63. The third-order valence-electron chi connectivity index (χ3n) is 2.43. The summed E-state index contributed by atoms with van der Waals surface area (Å²) in [7, 11) is 0. The van der Waals surface area contributed by atoms with Crippen molar-refractivity contribution in [2.75, 3.05) is 11.9 Å². The molecule has 0 saturated heterocycles. The van der Waals surface area contributed by atoms with E-state index in [1.807, 2.05) is 26.0 Å². The van der Waals surface area contributed by atoms with Crippen LogP contribution in [-0.4, -0.2) is 22.6 Å². The van der Waals surface area contributed by atoms with Crippen molar-refractivity contribution in [3.8, 4) is 0 Å². The van der Waals surface area contributed by atoms with E-state index in [2.05, 4.69) is 10.3 Å². The molecule has 0 saturated carbocycles. The maximum Gasteiger partial charge on any atom is 0.308 e. The first-order valence-corrected chi connectivity index (χ1v) is 5.52. The monoisotopic (exact) mass is 222 g/mol. The van der Waals surface area contributed by atoms with Gasteiger partial charge in [0.05, 0.1) is 5.92 Å². The Morgan fingerprint density at radius 2 is 2.31 bits per heavy atom. The fourth-order valence-electron chi connectivity index (χ4n) is 1.46. The van der Waals surface area contributed by atoms with Crippen molar-refractivity contribution >= 4 is 11.8 Å². The molecule has 2 N–H and O–H groups in total. The number of anilines is 1. The molecule has 1 unspecified atom stereocenters. The zero-order valence-electron chi connectivity index (χ0n) is 9.73. The maximum atomic E-state index is 10.9. The molecule has 0 amide bonds. The normalized spacial score (nSPS) is 12.1. The van der Waals surface area contributed by atoms with Gasteiger partial charge in [0, 0.05) is 12.7 Å².